The number of carbonyl (C=O) groups is 3. The summed E-state index contributed by atoms with van der Waals surface area (Å²) in [6.45, 7) is 5.95. The van der Waals surface area contributed by atoms with Crippen molar-refractivity contribution >= 4 is 17.8 Å². The van der Waals surface area contributed by atoms with Gasteiger partial charge in [-0.15, -0.1) is 0 Å². The molecule has 2 rings (SSSR count). The normalized spacial score (nSPS) is 21.7. The Morgan fingerprint density at radius 3 is 2.35 bits per heavy atom. The van der Waals surface area contributed by atoms with Crippen LogP contribution in [0.4, 0.5) is 4.79 Å². The second kappa shape index (κ2) is 7.29. The number of imide groups is 1. The van der Waals surface area contributed by atoms with Crippen LogP contribution in [0.1, 0.15) is 39.5 Å². The molecule has 0 atom stereocenters. The molecule has 0 aliphatic carbocycles. The van der Waals surface area contributed by atoms with Crippen LogP contribution in [-0.4, -0.2) is 66.4 Å². The fourth-order valence-corrected chi connectivity index (χ4v) is 3.46. The van der Waals surface area contributed by atoms with Gasteiger partial charge in [0.25, 0.3) is 5.91 Å². The predicted octanol–water partition coefficient (Wildman–Crippen LogP) is 0.555. The number of carbonyl (C=O) groups excluding carboxylic acids is 3. The van der Waals surface area contributed by atoms with E-state index in [9.17, 15) is 14.4 Å². The molecule has 0 radical (unpaired) electrons. The van der Waals surface area contributed by atoms with Gasteiger partial charge in [-0.25, -0.2) is 4.79 Å². The molecule has 2 aliphatic rings. The summed E-state index contributed by atoms with van der Waals surface area (Å²) < 4.78 is 0. The lowest BCUT2D eigenvalue weighted by Crippen LogP contribution is -2.48. The van der Waals surface area contributed by atoms with Crippen molar-refractivity contribution in [3.8, 4) is 0 Å². The highest BCUT2D eigenvalue weighted by atomic mass is 16.2. The highest BCUT2D eigenvalue weighted by Crippen LogP contribution is 2.25. The van der Waals surface area contributed by atoms with Crippen molar-refractivity contribution in [1.29, 1.82) is 0 Å². The number of likely N-dealkylation sites (tertiary alicyclic amines) is 1. The molecule has 23 heavy (non-hydrogen) atoms. The first kappa shape index (κ1) is 17.7. The van der Waals surface area contributed by atoms with E-state index in [-0.39, 0.29) is 18.4 Å². The third-order valence-electron chi connectivity index (χ3n) is 5.21. The second-order valence-electron chi connectivity index (χ2n) is 6.49. The largest absolute Gasteiger partial charge is 0.341 e. The molecular formula is C16H28N4O3. The number of urea groups is 1. The molecular weight excluding hydrogens is 296 g/mol. The SMILES string of the molecule is CCC1(CC)NC(=O)N(CC(=O)N2CCC(CNC)CC2)C1=O. The van der Waals surface area contributed by atoms with Crippen LogP contribution in [0.2, 0.25) is 0 Å². The predicted molar refractivity (Wildman–Crippen MR) is 86.8 cm³/mol. The van der Waals surface area contributed by atoms with Gasteiger partial charge >= 0.3 is 6.03 Å². The van der Waals surface area contributed by atoms with Crippen molar-refractivity contribution < 1.29 is 14.4 Å². The van der Waals surface area contributed by atoms with Crippen LogP contribution >= 0.6 is 0 Å². The van der Waals surface area contributed by atoms with Crippen LogP contribution in [-0.2, 0) is 9.59 Å². The standard InChI is InChI=1S/C16H28N4O3/c1-4-16(5-2)14(22)20(15(23)18-16)11-13(21)19-8-6-12(7-9-19)10-17-3/h12,17H,4-11H2,1-3H3,(H,18,23). The first-order valence-electron chi connectivity index (χ1n) is 8.54. The Kier molecular flexibility index (Phi) is 5.62. The second-order valence-corrected chi connectivity index (χ2v) is 6.49. The van der Waals surface area contributed by atoms with Crippen LogP contribution < -0.4 is 10.6 Å². The molecule has 2 N–H and O–H groups in total. The molecule has 2 saturated heterocycles. The fourth-order valence-electron chi connectivity index (χ4n) is 3.46. The summed E-state index contributed by atoms with van der Waals surface area (Å²) in [4.78, 5) is 39.9. The molecule has 2 fully saturated rings. The Morgan fingerprint density at radius 2 is 1.87 bits per heavy atom. The summed E-state index contributed by atoms with van der Waals surface area (Å²) in [5.41, 5.74) is -0.836. The topological polar surface area (TPSA) is 81.8 Å². The van der Waals surface area contributed by atoms with Crippen LogP contribution in [0.5, 0.6) is 0 Å². The van der Waals surface area contributed by atoms with Crippen molar-refractivity contribution in [2.45, 2.75) is 45.1 Å². The van der Waals surface area contributed by atoms with Gasteiger partial charge in [0, 0.05) is 13.1 Å². The number of hydrogen-bond acceptors (Lipinski definition) is 4. The molecule has 130 valence electrons. The van der Waals surface area contributed by atoms with Crippen LogP contribution in [0.3, 0.4) is 0 Å². The Bertz CT molecular complexity index is 468. The molecule has 0 saturated carbocycles. The molecule has 7 heteroatoms. The number of piperidine rings is 1. The molecule has 0 unspecified atom stereocenters. The van der Waals surface area contributed by atoms with Crippen molar-refractivity contribution in [2.24, 2.45) is 5.92 Å². The van der Waals surface area contributed by atoms with E-state index in [1.807, 2.05) is 20.9 Å². The number of rotatable bonds is 6. The average Bonchev–Trinajstić information content (AvgIpc) is 2.80. The Morgan fingerprint density at radius 1 is 1.26 bits per heavy atom. The molecule has 0 bridgehead atoms. The smallest absolute Gasteiger partial charge is 0.325 e. The molecule has 0 aromatic rings. The minimum Gasteiger partial charge on any atom is -0.341 e. The van der Waals surface area contributed by atoms with Gasteiger partial charge in [0.15, 0.2) is 0 Å². The monoisotopic (exact) mass is 324 g/mol. The quantitative estimate of drug-likeness (QED) is 0.699. The maximum absolute atomic E-state index is 12.5. The maximum Gasteiger partial charge on any atom is 0.325 e. The van der Waals surface area contributed by atoms with Crippen molar-refractivity contribution in [3.63, 3.8) is 0 Å². The summed E-state index contributed by atoms with van der Waals surface area (Å²) in [5.74, 6) is 0.180. The lowest BCUT2D eigenvalue weighted by molar-refractivity contribution is -0.139. The highest BCUT2D eigenvalue weighted by molar-refractivity contribution is 6.08. The first-order valence-corrected chi connectivity index (χ1v) is 8.54. The van der Waals surface area contributed by atoms with E-state index >= 15 is 0 Å². The lowest BCUT2D eigenvalue weighted by atomic mass is 9.93. The molecule has 7 nitrogen and oxygen atoms in total. The van der Waals surface area contributed by atoms with Crippen molar-refractivity contribution in [2.75, 3.05) is 33.2 Å². The number of amides is 4. The number of hydrogen-bond donors (Lipinski definition) is 2. The number of nitrogens with one attached hydrogen (secondary N) is 2. The van der Waals surface area contributed by atoms with Gasteiger partial charge in [0.2, 0.25) is 5.91 Å². The van der Waals surface area contributed by atoms with E-state index in [1.165, 1.54) is 0 Å². The molecule has 4 amide bonds. The average molecular weight is 324 g/mol. The van der Waals surface area contributed by atoms with Crippen molar-refractivity contribution in [3.05, 3.63) is 0 Å². The lowest BCUT2D eigenvalue weighted by Gasteiger charge is -2.32. The molecule has 0 aromatic heterocycles. The zero-order valence-corrected chi connectivity index (χ0v) is 14.4. The third-order valence-corrected chi connectivity index (χ3v) is 5.21. The summed E-state index contributed by atoms with van der Waals surface area (Å²) in [6, 6.07) is -0.447. The van der Waals surface area contributed by atoms with Gasteiger partial charge in [0.05, 0.1) is 0 Å². The third kappa shape index (κ3) is 3.49. The van der Waals surface area contributed by atoms with Gasteiger partial charge in [-0.3, -0.25) is 14.5 Å². The summed E-state index contributed by atoms with van der Waals surface area (Å²) >= 11 is 0. The maximum atomic E-state index is 12.5. The minimum atomic E-state index is -0.836. The van der Waals surface area contributed by atoms with Gasteiger partial charge in [-0.2, -0.15) is 0 Å². The van der Waals surface area contributed by atoms with E-state index in [0.29, 0.717) is 31.8 Å². The van der Waals surface area contributed by atoms with Gasteiger partial charge < -0.3 is 15.5 Å². The Labute approximate surface area is 137 Å². The molecule has 2 aliphatic heterocycles. The first-order chi connectivity index (χ1) is 11.0. The van der Waals surface area contributed by atoms with E-state index in [2.05, 4.69) is 10.6 Å². The van der Waals surface area contributed by atoms with E-state index in [4.69, 9.17) is 0 Å². The van der Waals surface area contributed by atoms with E-state index in [1.54, 1.807) is 4.90 Å². The number of nitrogens with zero attached hydrogens (tertiary/aromatic N) is 2. The van der Waals surface area contributed by atoms with Crippen LogP contribution in [0, 0.1) is 5.92 Å². The fraction of sp³-hybridized carbons (Fsp3) is 0.812. The zero-order chi connectivity index (χ0) is 17.0. The Balaban J connectivity index is 1.93. The zero-order valence-electron chi connectivity index (χ0n) is 14.4. The van der Waals surface area contributed by atoms with Gasteiger partial charge in [0.1, 0.15) is 12.1 Å². The van der Waals surface area contributed by atoms with Gasteiger partial charge in [-0.05, 0) is 45.2 Å². The molecule has 0 spiro atoms. The highest BCUT2D eigenvalue weighted by Gasteiger charge is 2.49. The summed E-state index contributed by atoms with van der Waals surface area (Å²) in [6.07, 6.45) is 2.99. The van der Waals surface area contributed by atoms with Gasteiger partial charge in [-0.1, -0.05) is 13.8 Å². The van der Waals surface area contributed by atoms with Crippen LogP contribution in [0.15, 0.2) is 0 Å². The minimum absolute atomic E-state index is 0.139. The van der Waals surface area contributed by atoms with E-state index < -0.39 is 11.6 Å². The summed E-state index contributed by atoms with van der Waals surface area (Å²) in [5, 5.41) is 5.92. The summed E-state index contributed by atoms with van der Waals surface area (Å²) in [7, 11) is 1.93. The van der Waals surface area contributed by atoms with Crippen molar-refractivity contribution in [1.82, 2.24) is 20.4 Å². The molecule has 0 aromatic carbocycles. The molecule has 2 heterocycles. The van der Waals surface area contributed by atoms with E-state index in [0.717, 1.165) is 24.3 Å². The van der Waals surface area contributed by atoms with Crippen LogP contribution in [0.25, 0.3) is 0 Å². The Hall–Kier alpha value is -1.63.